The molecule has 8 heteroatoms. The molecule has 0 saturated carbocycles. The van der Waals surface area contributed by atoms with Gasteiger partial charge in [-0.3, -0.25) is 4.79 Å². The number of hydrogen-bond acceptors (Lipinski definition) is 4. The maximum atomic E-state index is 11.7. The first-order valence-corrected chi connectivity index (χ1v) is 7.52. The van der Waals surface area contributed by atoms with Crippen molar-refractivity contribution >= 4 is 43.1 Å². The summed E-state index contributed by atoms with van der Waals surface area (Å²) in [5.41, 5.74) is 5.71. The van der Waals surface area contributed by atoms with Crippen LogP contribution in [-0.4, -0.2) is 67.6 Å². The second kappa shape index (κ2) is 14.8. The highest BCUT2D eigenvalue weighted by molar-refractivity contribution is 5.86. The maximum Gasteiger partial charge on any atom is 0.224 e. The fourth-order valence-electron chi connectivity index (χ4n) is 2.24. The van der Waals surface area contributed by atoms with Crippen molar-refractivity contribution in [1.82, 2.24) is 15.1 Å². The van der Waals surface area contributed by atoms with Crippen molar-refractivity contribution in [3.63, 3.8) is 0 Å². The Labute approximate surface area is 154 Å². The molecule has 1 heterocycles. The number of nitrogens with one attached hydrogen (secondary N) is 1. The van der Waals surface area contributed by atoms with Crippen LogP contribution in [0.1, 0.15) is 27.2 Å². The number of halogens is 3. The second-order valence-corrected chi connectivity index (χ2v) is 5.57. The molecule has 1 aliphatic rings. The summed E-state index contributed by atoms with van der Waals surface area (Å²) < 4.78 is 0. The number of carbonyl (C=O) groups excluding carboxylic acids is 1. The normalized spacial score (nSPS) is 18.2. The Morgan fingerprint density at radius 2 is 1.59 bits per heavy atom. The first kappa shape index (κ1) is 27.1. The molecule has 5 nitrogen and oxygen atoms in total. The van der Waals surface area contributed by atoms with Gasteiger partial charge in [0.05, 0.1) is 0 Å². The van der Waals surface area contributed by atoms with Gasteiger partial charge in [-0.25, -0.2) is 0 Å². The molecule has 0 aromatic carbocycles. The molecule has 1 aliphatic heterocycles. The largest absolute Gasteiger partial charge is 0.356 e. The van der Waals surface area contributed by atoms with Crippen LogP contribution in [-0.2, 0) is 4.79 Å². The zero-order chi connectivity index (χ0) is 14.3. The standard InChI is InChI=1S/C14H30N4O.3ClH/c1-4-17-8-10-18(11-9-17)7-5-6-16-14(19)12(2)13(3)15;;;/h12-13H,4-11,15H2,1-3H3,(H,16,19);3*1H. The zero-order valence-corrected chi connectivity index (χ0v) is 16.4. The summed E-state index contributed by atoms with van der Waals surface area (Å²) in [7, 11) is 0. The molecule has 1 fully saturated rings. The molecule has 0 spiro atoms. The Kier molecular flexibility index (Phi) is 18.2. The van der Waals surface area contributed by atoms with Gasteiger partial charge in [-0.2, -0.15) is 0 Å². The molecule has 2 unspecified atom stereocenters. The number of likely N-dealkylation sites (N-methyl/N-ethyl adjacent to an activating group) is 1. The molecular formula is C14H33Cl3N4O. The van der Waals surface area contributed by atoms with E-state index in [0.717, 1.165) is 39.1 Å². The number of piperazine rings is 1. The molecule has 3 N–H and O–H groups in total. The van der Waals surface area contributed by atoms with Crippen molar-refractivity contribution in [2.45, 2.75) is 33.2 Å². The van der Waals surface area contributed by atoms with Crippen LogP contribution < -0.4 is 11.1 Å². The van der Waals surface area contributed by atoms with Crippen LogP contribution in [0.3, 0.4) is 0 Å². The molecule has 1 rings (SSSR count). The second-order valence-electron chi connectivity index (χ2n) is 5.57. The maximum absolute atomic E-state index is 11.7. The van der Waals surface area contributed by atoms with E-state index in [0.29, 0.717) is 0 Å². The van der Waals surface area contributed by atoms with Crippen LogP contribution in [0, 0.1) is 5.92 Å². The molecule has 136 valence electrons. The van der Waals surface area contributed by atoms with Gasteiger partial charge in [-0.1, -0.05) is 13.8 Å². The van der Waals surface area contributed by atoms with Gasteiger partial charge in [-0.05, 0) is 26.4 Å². The van der Waals surface area contributed by atoms with Crippen LogP contribution >= 0.6 is 37.2 Å². The average molecular weight is 380 g/mol. The summed E-state index contributed by atoms with van der Waals surface area (Å²) in [6, 6.07) is -0.0814. The van der Waals surface area contributed by atoms with Gasteiger partial charge in [0, 0.05) is 44.7 Å². The highest BCUT2D eigenvalue weighted by Crippen LogP contribution is 2.02. The van der Waals surface area contributed by atoms with Crippen molar-refractivity contribution in [2.24, 2.45) is 11.7 Å². The van der Waals surface area contributed by atoms with Crippen LogP contribution in [0.2, 0.25) is 0 Å². The molecule has 0 aliphatic carbocycles. The van der Waals surface area contributed by atoms with Crippen molar-refractivity contribution in [2.75, 3.05) is 45.8 Å². The molecule has 1 amide bonds. The van der Waals surface area contributed by atoms with E-state index in [4.69, 9.17) is 5.73 Å². The third-order valence-electron chi connectivity index (χ3n) is 4.06. The highest BCUT2D eigenvalue weighted by Gasteiger charge is 2.17. The van der Waals surface area contributed by atoms with Gasteiger partial charge < -0.3 is 20.9 Å². The number of nitrogens with zero attached hydrogens (tertiary/aromatic N) is 2. The summed E-state index contributed by atoms with van der Waals surface area (Å²) in [5.74, 6) is -0.0288. The molecule has 22 heavy (non-hydrogen) atoms. The van der Waals surface area contributed by atoms with Gasteiger partial charge in [0.1, 0.15) is 0 Å². The van der Waals surface area contributed by atoms with Crippen LogP contribution in [0.4, 0.5) is 0 Å². The topological polar surface area (TPSA) is 61.6 Å². The lowest BCUT2D eigenvalue weighted by Gasteiger charge is -2.34. The van der Waals surface area contributed by atoms with Crippen molar-refractivity contribution in [1.29, 1.82) is 0 Å². The molecule has 1 saturated heterocycles. The predicted octanol–water partition coefficient (Wildman–Crippen LogP) is 1.38. The van der Waals surface area contributed by atoms with Crippen molar-refractivity contribution in [3.8, 4) is 0 Å². The van der Waals surface area contributed by atoms with E-state index in [-0.39, 0.29) is 55.1 Å². The fourth-order valence-corrected chi connectivity index (χ4v) is 2.24. The monoisotopic (exact) mass is 378 g/mol. The Hall–Kier alpha value is 0.220. The van der Waals surface area contributed by atoms with E-state index in [1.54, 1.807) is 0 Å². The summed E-state index contributed by atoms with van der Waals surface area (Å²) in [6.07, 6.45) is 1.02. The van der Waals surface area contributed by atoms with Crippen LogP contribution in [0.5, 0.6) is 0 Å². The summed E-state index contributed by atoms with van der Waals surface area (Å²) in [4.78, 5) is 16.7. The molecular weight excluding hydrogens is 347 g/mol. The quantitative estimate of drug-likeness (QED) is 0.656. The van der Waals surface area contributed by atoms with E-state index in [1.807, 2.05) is 13.8 Å². The summed E-state index contributed by atoms with van der Waals surface area (Å²) >= 11 is 0. The van der Waals surface area contributed by atoms with E-state index in [2.05, 4.69) is 22.0 Å². The summed E-state index contributed by atoms with van der Waals surface area (Å²) in [6.45, 7) is 13.6. The van der Waals surface area contributed by atoms with E-state index in [1.165, 1.54) is 13.1 Å². The highest BCUT2D eigenvalue weighted by atomic mass is 35.5. The van der Waals surface area contributed by atoms with Crippen molar-refractivity contribution in [3.05, 3.63) is 0 Å². The Bertz CT molecular complexity index is 275. The molecule has 0 aromatic rings. The molecule has 0 radical (unpaired) electrons. The van der Waals surface area contributed by atoms with E-state index in [9.17, 15) is 4.79 Å². The molecule has 0 bridgehead atoms. The first-order chi connectivity index (χ1) is 9.04. The number of hydrogen-bond donors (Lipinski definition) is 2. The Morgan fingerprint density at radius 1 is 1.09 bits per heavy atom. The fraction of sp³-hybridized carbons (Fsp3) is 0.929. The van der Waals surface area contributed by atoms with E-state index >= 15 is 0 Å². The number of rotatable bonds is 7. The Morgan fingerprint density at radius 3 is 2.05 bits per heavy atom. The third-order valence-corrected chi connectivity index (χ3v) is 4.06. The SMILES string of the molecule is CCN1CCN(CCCNC(=O)C(C)C(C)N)CC1.Cl.Cl.Cl. The minimum absolute atomic E-state index is 0. The van der Waals surface area contributed by atoms with Crippen LogP contribution in [0.15, 0.2) is 0 Å². The smallest absolute Gasteiger partial charge is 0.224 e. The van der Waals surface area contributed by atoms with Crippen molar-refractivity contribution < 1.29 is 4.79 Å². The van der Waals surface area contributed by atoms with Gasteiger partial charge in [-0.15, -0.1) is 37.2 Å². The predicted molar refractivity (Wildman–Crippen MR) is 101 cm³/mol. The minimum atomic E-state index is -0.104. The minimum Gasteiger partial charge on any atom is -0.356 e. The first-order valence-electron chi connectivity index (χ1n) is 7.52. The van der Waals surface area contributed by atoms with Gasteiger partial charge >= 0.3 is 0 Å². The Balaban J connectivity index is -0.00000120. The van der Waals surface area contributed by atoms with Gasteiger partial charge in [0.2, 0.25) is 5.91 Å². The lowest BCUT2D eigenvalue weighted by molar-refractivity contribution is -0.124. The van der Waals surface area contributed by atoms with Gasteiger partial charge in [0.15, 0.2) is 0 Å². The van der Waals surface area contributed by atoms with Crippen LogP contribution in [0.25, 0.3) is 0 Å². The van der Waals surface area contributed by atoms with E-state index < -0.39 is 0 Å². The average Bonchev–Trinajstić information content (AvgIpc) is 2.43. The van der Waals surface area contributed by atoms with Gasteiger partial charge in [0.25, 0.3) is 0 Å². The molecule has 0 aromatic heterocycles. The lowest BCUT2D eigenvalue weighted by Crippen LogP contribution is -2.46. The number of nitrogens with two attached hydrogens (primary N) is 1. The summed E-state index contributed by atoms with van der Waals surface area (Å²) in [5, 5.41) is 2.97. The number of carbonyl (C=O) groups is 1. The lowest BCUT2D eigenvalue weighted by atomic mass is 10.0. The number of amides is 1. The zero-order valence-electron chi connectivity index (χ0n) is 13.9. The third kappa shape index (κ3) is 10.1. The molecule has 2 atom stereocenters.